The van der Waals surface area contributed by atoms with Gasteiger partial charge in [-0.3, -0.25) is 14.5 Å². The van der Waals surface area contributed by atoms with E-state index in [1.807, 2.05) is 45.1 Å². The third-order valence-corrected chi connectivity index (χ3v) is 9.22. The van der Waals surface area contributed by atoms with Crippen LogP contribution in [0, 0.1) is 5.92 Å². The van der Waals surface area contributed by atoms with E-state index in [9.17, 15) is 29.1 Å². The Morgan fingerprint density at radius 3 is 2.62 bits per heavy atom. The van der Waals surface area contributed by atoms with Gasteiger partial charge in [0.15, 0.2) is 0 Å². The number of rotatable bonds is 3. The Balaban J connectivity index is 1.37. The third kappa shape index (κ3) is 7.37. The summed E-state index contributed by atoms with van der Waals surface area (Å²) in [5, 5.41) is 18.9. The van der Waals surface area contributed by atoms with Gasteiger partial charge in [0.2, 0.25) is 11.8 Å². The van der Waals surface area contributed by atoms with Crippen molar-refractivity contribution in [1.29, 1.82) is 0 Å². The van der Waals surface area contributed by atoms with E-state index in [4.69, 9.17) is 16.3 Å². The summed E-state index contributed by atoms with van der Waals surface area (Å²) in [6, 6.07) is 2.93. The molecule has 4 aliphatic rings. The lowest BCUT2D eigenvalue weighted by molar-refractivity contribution is -0.145. The Morgan fingerprint density at radius 1 is 1.13 bits per heavy atom. The van der Waals surface area contributed by atoms with Gasteiger partial charge in [0, 0.05) is 29.4 Å². The van der Waals surface area contributed by atoms with Crippen LogP contribution in [0.5, 0.6) is 0 Å². The highest BCUT2D eigenvalue weighted by Crippen LogP contribution is 2.45. The molecule has 5 rings (SSSR count). The summed E-state index contributed by atoms with van der Waals surface area (Å²) in [7, 11) is 0. The maximum absolute atomic E-state index is 14.1. The van der Waals surface area contributed by atoms with Crippen LogP contribution in [0.2, 0.25) is 5.02 Å². The first-order valence-corrected chi connectivity index (χ1v) is 16.0. The Bertz CT molecular complexity index is 1390. The van der Waals surface area contributed by atoms with E-state index in [1.54, 1.807) is 6.07 Å². The molecule has 3 aliphatic heterocycles. The number of nitrogens with zero attached hydrogens (tertiary/aromatic N) is 2. The largest absolute Gasteiger partial charge is 0.479 e. The number of halogens is 1. The number of ether oxygens (including phenoxy) is 1. The predicted molar refractivity (Wildman–Crippen MR) is 165 cm³/mol. The third-order valence-electron chi connectivity index (χ3n) is 8.87. The summed E-state index contributed by atoms with van der Waals surface area (Å²) in [6.45, 7) is 6.00. The normalized spacial score (nSPS) is 28.5. The molecule has 2 fully saturated rings. The molecular formula is C32H42ClN5O7. The van der Waals surface area contributed by atoms with Crippen LogP contribution in [-0.2, 0) is 32.2 Å². The SMILES string of the molecule is CC(C)(C)NC(=O)N[C@H]1CCCCCC=C[C@@H]2C[C@@]2(C(=O)O)NC(=O)C2C[C@@H](OC(=O)N3Cc4cccc(Cl)c4C3)CN2C1=O. The lowest BCUT2D eigenvalue weighted by Crippen LogP contribution is -2.58. The number of carboxylic acid groups (broad SMARTS) is 1. The number of nitrogens with one attached hydrogen (secondary N) is 3. The molecule has 4 N–H and O–H groups in total. The summed E-state index contributed by atoms with van der Waals surface area (Å²) >= 11 is 6.32. The molecule has 1 aromatic carbocycles. The molecule has 5 amide bonds. The van der Waals surface area contributed by atoms with Gasteiger partial charge in [-0.05, 0) is 63.6 Å². The minimum Gasteiger partial charge on any atom is -0.479 e. The fourth-order valence-corrected chi connectivity index (χ4v) is 6.66. The van der Waals surface area contributed by atoms with Crippen LogP contribution in [0.15, 0.2) is 30.4 Å². The maximum Gasteiger partial charge on any atom is 0.410 e. The second kappa shape index (κ2) is 12.9. The van der Waals surface area contributed by atoms with Crippen molar-refractivity contribution >= 4 is 41.5 Å². The van der Waals surface area contributed by atoms with Gasteiger partial charge in [-0.2, -0.15) is 0 Å². The van der Waals surface area contributed by atoms with Crippen molar-refractivity contribution in [3.63, 3.8) is 0 Å². The zero-order valence-electron chi connectivity index (χ0n) is 25.9. The molecule has 0 spiro atoms. The van der Waals surface area contributed by atoms with Gasteiger partial charge in [0.05, 0.1) is 13.1 Å². The van der Waals surface area contributed by atoms with Gasteiger partial charge in [0.1, 0.15) is 23.7 Å². The number of hydrogen-bond acceptors (Lipinski definition) is 6. The molecule has 244 valence electrons. The number of carbonyl (C=O) groups excluding carboxylic acids is 4. The molecule has 5 atom stereocenters. The van der Waals surface area contributed by atoms with E-state index >= 15 is 0 Å². The molecule has 45 heavy (non-hydrogen) atoms. The zero-order chi connectivity index (χ0) is 32.5. The Morgan fingerprint density at radius 2 is 1.91 bits per heavy atom. The fraction of sp³-hybridized carbons (Fsp3) is 0.594. The lowest BCUT2D eigenvalue weighted by Gasteiger charge is -2.30. The number of allylic oxidation sites excluding steroid dienone is 1. The quantitative estimate of drug-likeness (QED) is 0.366. The second-order valence-corrected chi connectivity index (χ2v) is 13.9. The van der Waals surface area contributed by atoms with Gasteiger partial charge in [-0.25, -0.2) is 14.4 Å². The van der Waals surface area contributed by atoms with Gasteiger partial charge in [-0.15, -0.1) is 0 Å². The molecule has 1 saturated heterocycles. The van der Waals surface area contributed by atoms with Crippen LogP contribution >= 0.6 is 11.6 Å². The second-order valence-electron chi connectivity index (χ2n) is 13.5. The van der Waals surface area contributed by atoms with E-state index in [1.165, 1.54) is 9.80 Å². The van der Waals surface area contributed by atoms with Crippen molar-refractivity contribution in [3.05, 3.63) is 46.5 Å². The van der Waals surface area contributed by atoms with Gasteiger partial charge >= 0.3 is 18.1 Å². The van der Waals surface area contributed by atoms with Crippen molar-refractivity contribution < 1.29 is 33.8 Å². The smallest absolute Gasteiger partial charge is 0.410 e. The zero-order valence-corrected chi connectivity index (χ0v) is 26.7. The predicted octanol–water partition coefficient (Wildman–Crippen LogP) is 3.71. The molecular weight excluding hydrogens is 602 g/mol. The number of hydrogen-bond donors (Lipinski definition) is 4. The van der Waals surface area contributed by atoms with E-state index < -0.39 is 59.2 Å². The van der Waals surface area contributed by atoms with Crippen LogP contribution < -0.4 is 16.0 Å². The summed E-state index contributed by atoms with van der Waals surface area (Å²) in [5.74, 6) is -2.61. The Kier molecular flexibility index (Phi) is 9.34. The average molecular weight is 644 g/mol. The topological polar surface area (TPSA) is 157 Å². The number of carbonyl (C=O) groups is 5. The molecule has 1 aliphatic carbocycles. The summed E-state index contributed by atoms with van der Waals surface area (Å²) in [6.07, 6.45) is 5.99. The van der Waals surface area contributed by atoms with Crippen LogP contribution in [0.3, 0.4) is 0 Å². The van der Waals surface area contributed by atoms with Gasteiger partial charge < -0.3 is 30.7 Å². The van der Waals surface area contributed by atoms with E-state index in [-0.39, 0.29) is 31.8 Å². The highest BCUT2D eigenvalue weighted by molar-refractivity contribution is 6.31. The minimum atomic E-state index is -1.46. The number of urea groups is 1. The lowest BCUT2D eigenvalue weighted by atomic mass is 10.0. The summed E-state index contributed by atoms with van der Waals surface area (Å²) < 4.78 is 5.84. The van der Waals surface area contributed by atoms with Gasteiger partial charge in [-0.1, -0.05) is 48.7 Å². The highest BCUT2D eigenvalue weighted by atomic mass is 35.5. The average Bonchev–Trinajstić information content (AvgIpc) is 3.27. The highest BCUT2D eigenvalue weighted by Gasteiger charge is 2.61. The van der Waals surface area contributed by atoms with E-state index in [0.29, 0.717) is 24.4 Å². The minimum absolute atomic E-state index is 0.0119. The number of aliphatic carboxylic acids is 1. The number of benzene rings is 1. The number of carboxylic acids is 1. The van der Waals surface area contributed by atoms with E-state index in [2.05, 4.69) is 16.0 Å². The van der Waals surface area contributed by atoms with Crippen molar-refractivity contribution in [2.24, 2.45) is 5.92 Å². The molecule has 1 saturated carbocycles. The number of amides is 5. The molecule has 0 aromatic heterocycles. The molecule has 1 unspecified atom stereocenters. The maximum atomic E-state index is 14.1. The summed E-state index contributed by atoms with van der Waals surface area (Å²) in [4.78, 5) is 69.1. The van der Waals surface area contributed by atoms with Crippen molar-refractivity contribution in [2.75, 3.05) is 6.54 Å². The molecule has 13 heteroatoms. The molecule has 12 nitrogen and oxygen atoms in total. The first-order chi connectivity index (χ1) is 21.3. The number of fused-ring (bicyclic) bond motifs is 3. The molecule has 0 radical (unpaired) electrons. The van der Waals surface area contributed by atoms with Crippen molar-refractivity contribution in [2.45, 2.75) is 108 Å². The van der Waals surface area contributed by atoms with Crippen molar-refractivity contribution in [1.82, 2.24) is 25.8 Å². The van der Waals surface area contributed by atoms with Crippen LogP contribution in [-0.4, -0.2) is 80.6 Å². The van der Waals surface area contributed by atoms with Crippen LogP contribution in [0.4, 0.5) is 9.59 Å². The Hall–Kier alpha value is -3.80. The van der Waals surface area contributed by atoms with Crippen molar-refractivity contribution in [3.8, 4) is 0 Å². The van der Waals surface area contributed by atoms with Gasteiger partial charge in [0.25, 0.3) is 0 Å². The molecule has 0 bridgehead atoms. The summed E-state index contributed by atoms with van der Waals surface area (Å²) in [5.41, 5.74) is -0.232. The van der Waals surface area contributed by atoms with E-state index in [0.717, 1.165) is 30.4 Å². The molecule has 3 heterocycles. The first-order valence-electron chi connectivity index (χ1n) is 15.6. The molecule has 1 aromatic rings. The first kappa shape index (κ1) is 32.6. The van der Waals surface area contributed by atoms with Crippen LogP contribution in [0.25, 0.3) is 0 Å². The monoisotopic (exact) mass is 643 g/mol. The standard InChI is InChI=1S/C32H42ClN5O7/c1-31(2,3)36-29(43)34-24-13-8-6-4-5-7-11-20-15-32(20,28(41)42)35-26(39)25-14-21(17-38(25)27(24)40)45-30(44)37-16-19-10-9-12-23(33)22(19)18-37/h7,9-12,20-21,24-25H,4-6,8,13-18H2,1-3H3,(H,35,39)(H,41,42)(H2,34,36,43)/t20-,21-,24+,25?,32-/m1/s1. The fourth-order valence-electron chi connectivity index (χ4n) is 6.41. The Labute approximate surface area is 267 Å². The van der Waals surface area contributed by atoms with Crippen LogP contribution in [0.1, 0.15) is 76.8 Å².